The first-order valence-electron chi connectivity index (χ1n) is 13.7. The van der Waals surface area contributed by atoms with Gasteiger partial charge in [0, 0.05) is 19.6 Å². The third kappa shape index (κ3) is 13.0. The maximum Gasteiger partial charge on any atom is 0.306 e. The van der Waals surface area contributed by atoms with Crippen molar-refractivity contribution in [3.05, 3.63) is 35.9 Å². The van der Waals surface area contributed by atoms with Crippen LogP contribution in [0.4, 0.5) is 0 Å². The quantitative estimate of drug-likeness (QED) is 0.242. The second-order valence-corrected chi connectivity index (χ2v) is 11.6. The molecule has 0 spiro atoms. The largest absolute Gasteiger partial charge is 0.461 e. The molecule has 1 aromatic rings. The Balaban J connectivity index is 2.63. The number of benzene rings is 1. The van der Waals surface area contributed by atoms with E-state index in [1.54, 1.807) is 7.11 Å². The van der Waals surface area contributed by atoms with Crippen LogP contribution in [0.5, 0.6) is 0 Å². The fourth-order valence-corrected chi connectivity index (χ4v) is 3.92. The molecule has 1 rings (SSSR count). The number of ketones is 1. The van der Waals surface area contributed by atoms with Gasteiger partial charge in [-0.05, 0) is 72.4 Å². The number of carbonyl (C=O) groups excluding carboxylic acids is 2. The minimum absolute atomic E-state index is 0.0398. The van der Waals surface area contributed by atoms with Crippen molar-refractivity contribution in [3.63, 3.8) is 0 Å². The van der Waals surface area contributed by atoms with Crippen LogP contribution in [0.2, 0.25) is 0 Å². The Labute approximate surface area is 225 Å². The van der Waals surface area contributed by atoms with Crippen molar-refractivity contribution in [2.24, 2.45) is 0 Å². The third-order valence-corrected chi connectivity index (χ3v) is 7.02. The highest BCUT2D eigenvalue weighted by Gasteiger charge is 2.34. The average Bonchev–Trinajstić information content (AvgIpc) is 2.85. The van der Waals surface area contributed by atoms with Crippen LogP contribution in [0.15, 0.2) is 30.3 Å². The maximum absolute atomic E-state index is 13.5. The van der Waals surface area contributed by atoms with Gasteiger partial charge in [0.05, 0.1) is 29.4 Å². The summed E-state index contributed by atoms with van der Waals surface area (Å²) in [4.78, 5) is 25.9. The van der Waals surface area contributed by atoms with Crippen LogP contribution >= 0.6 is 0 Å². The zero-order chi connectivity index (χ0) is 28.1. The van der Waals surface area contributed by atoms with Crippen molar-refractivity contribution in [1.82, 2.24) is 10.6 Å². The van der Waals surface area contributed by atoms with E-state index in [-0.39, 0.29) is 42.0 Å². The van der Waals surface area contributed by atoms with E-state index in [2.05, 4.69) is 38.3 Å². The molecule has 2 atom stereocenters. The molecule has 0 saturated carbocycles. The Morgan fingerprint density at radius 2 is 1.65 bits per heavy atom. The second kappa shape index (κ2) is 15.6. The second-order valence-electron chi connectivity index (χ2n) is 11.6. The number of rotatable bonds is 19. The van der Waals surface area contributed by atoms with Gasteiger partial charge in [-0.25, -0.2) is 0 Å². The smallest absolute Gasteiger partial charge is 0.306 e. The van der Waals surface area contributed by atoms with Crippen LogP contribution in [-0.4, -0.2) is 60.8 Å². The fraction of sp³-hybridized carbons (Fsp3) is 0.733. The lowest BCUT2D eigenvalue weighted by Crippen LogP contribution is -2.56. The van der Waals surface area contributed by atoms with E-state index < -0.39 is 11.6 Å². The summed E-state index contributed by atoms with van der Waals surface area (Å²) in [5.74, 6) is -0.261. The zero-order valence-corrected chi connectivity index (χ0v) is 24.7. The first kappa shape index (κ1) is 33.2. The SMILES string of the molecule is CCC(C)(CCNC(C)(C)C(=O)C(CCC(=O)OCc1ccccc1)NC(C)C)OCCC(C)(C)OC. The van der Waals surface area contributed by atoms with Crippen molar-refractivity contribution >= 4 is 11.8 Å². The van der Waals surface area contributed by atoms with Crippen LogP contribution in [-0.2, 0) is 30.4 Å². The van der Waals surface area contributed by atoms with Crippen LogP contribution < -0.4 is 10.6 Å². The molecule has 0 amide bonds. The highest BCUT2D eigenvalue weighted by atomic mass is 16.5. The first-order valence-corrected chi connectivity index (χ1v) is 13.7. The lowest BCUT2D eigenvalue weighted by Gasteiger charge is -2.34. The molecule has 37 heavy (non-hydrogen) atoms. The molecular weight excluding hydrogens is 468 g/mol. The number of nitrogens with one attached hydrogen (secondary N) is 2. The van der Waals surface area contributed by atoms with E-state index in [1.165, 1.54) is 0 Å². The van der Waals surface area contributed by atoms with E-state index in [9.17, 15) is 9.59 Å². The van der Waals surface area contributed by atoms with E-state index in [0.717, 1.165) is 24.8 Å². The van der Waals surface area contributed by atoms with Gasteiger partial charge in [0.25, 0.3) is 0 Å². The van der Waals surface area contributed by atoms with Crippen LogP contribution in [0.1, 0.15) is 93.1 Å². The highest BCUT2D eigenvalue weighted by molar-refractivity contribution is 5.92. The van der Waals surface area contributed by atoms with Crippen LogP contribution in [0.25, 0.3) is 0 Å². The van der Waals surface area contributed by atoms with Crippen molar-refractivity contribution in [2.45, 2.75) is 123 Å². The molecule has 0 bridgehead atoms. The number of ether oxygens (including phenoxy) is 3. The molecule has 0 fully saturated rings. The topological polar surface area (TPSA) is 85.9 Å². The Morgan fingerprint density at radius 1 is 1.00 bits per heavy atom. The summed E-state index contributed by atoms with van der Waals surface area (Å²) in [5, 5.41) is 6.79. The lowest BCUT2D eigenvalue weighted by molar-refractivity contribution is -0.145. The van der Waals surface area contributed by atoms with Crippen molar-refractivity contribution in [1.29, 1.82) is 0 Å². The fourth-order valence-electron chi connectivity index (χ4n) is 3.92. The number of esters is 1. The van der Waals surface area contributed by atoms with Gasteiger partial charge < -0.3 is 24.8 Å². The van der Waals surface area contributed by atoms with E-state index in [0.29, 0.717) is 19.6 Å². The Kier molecular flexibility index (Phi) is 14.0. The molecule has 1 aromatic carbocycles. The molecule has 7 heteroatoms. The number of hydrogen-bond donors (Lipinski definition) is 2. The molecule has 0 saturated heterocycles. The van der Waals surface area contributed by atoms with Crippen LogP contribution in [0.3, 0.4) is 0 Å². The number of carbonyl (C=O) groups is 2. The minimum Gasteiger partial charge on any atom is -0.461 e. The van der Waals surface area contributed by atoms with Gasteiger partial charge in [-0.1, -0.05) is 51.1 Å². The Hall–Kier alpha value is -1.80. The minimum atomic E-state index is -0.757. The number of Topliss-reactive ketones (excluding diaryl/α,β-unsaturated/α-hetero) is 1. The van der Waals surface area contributed by atoms with Crippen molar-refractivity contribution in [2.75, 3.05) is 20.3 Å². The molecular formula is C30H52N2O5. The molecule has 0 radical (unpaired) electrons. The highest BCUT2D eigenvalue weighted by Crippen LogP contribution is 2.23. The van der Waals surface area contributed by atoms with E-state index in [1.807, 2.05) is 58.0 Å². The van der Waals surface area contributed by atoms with Gasteiger partial charge >= 0.3 is 5.97 Å². The molecule has 0 aromatic heterocycles. The standard InChI is InChI=1S/C30H52N2O5/c1-10-30(8,37-21-19-28(4,5)35-9)18-20-31-29(6,7)27(34)25(32-23(2)3)16-17-26(33)36-22-24-14-12-11-13-15-24/h11-15,23,25,31-32H,10,16-22H2,1-9H3. The average molecular weight is 521 g/mol. The molecule has 2 N–H and O–H groups in total. The molecule has 2 unspecified atom stereocenters. The third-order valence-electron chi connectivity index (χ3n) is 7.02. The Morgan fingerprint density at radius 3 is 2.22 bits per heavy atom. The maximum atomic E-state index is 13.5. The normalized spacial score (nSPS) is 14.9. The van der Waals surface area contributed by atoms with Gasteiger partial charge in [-0.15, -0.1) is 0 Å². The first-order chi connectivity index (χ1) is 17.2. The van der Waals surface area contributed by atoms with Crippen molar-refractivity contribution in [3.8, 4) is 0 Å². The van der Waals surface area contributed by atoms with Gasteiger partial charge in [-0.3, -0.25) is 9.59 Å². The van der Waals surface area contributed by atoms with Gasteiger partial charge in [0.2, 0.25) is 0 Å². The van der Waals surface area contributed by atoms with Crippen molar-refractivity contribution < 1.29 is 23.8 Å². The zero-order valence-electron chi connectivity index (χ0n) is 24.7. The molecule has 0 aliphatic carbocycles. The van der Waals surface area contributed by atoms with E-state index >= 15 is 0 Å². The number of methoxy groups -OCH3 is 1. The summed E-state index contributed by atoms with van der Waals surface area (Å²) < 4.78 is 17.1. The molecule has 0 aliphatic heterocycles. The predicted molar refractivity (Wildman–Crippen MR) is 150 cm³/mol. The molecule has 0 heterocycles. The molecule has 0 aliphatic rings. The molecule has 7 nitrogen and oxygen atoms in total. The Bertz CT molecular complexity index is 809. The van der Waals surface area contributed by atoms with E-state index in [4.69, 9.17) is 14.2 Å². The summed E-state index contributed by atoms with van der Waals surface area (Å²) in [6.45, 7) is 17.7. The summed E-state index contributed by atoms with van der Waals surface area (Å²) >= 11 is 0. The lowest BCUT2D eigenvalue weighted by atomic mass is 9.89. The summed E-state index contributed by atoms with van der Waals surface area (Å²) in [7, 11) is 1.72. The summed E-state index contributed by atoms with van der Waals surface area (Å²) in [5.41, 5.74) is -0.311. The number of hydrogen-bond acceptors (Lipinski definition) is 7. The van der Waals surface area contributed by atoms with Gasteiger partial charge in [0.15, 0.2) is 5.78 Å². The predicted octanol–water partition coefficient (Wildman–Crippen LogP) is 5.20. The summed E-state index contributed by atoms with van der Waals surface area (Å²) in [6, 6.07) is 9.25. The summed E-state index contributed by atoms with van der Waals surface area (Å²) in [6.07, 6.45) is 3.03. The van der Waals surface area contributed by atoms with Crippen LogP contribution in [0, 0.1) is 0 Å². The molecule has 212 valence electrons. The van der Waals surface area contributed by atoms with Gasteiger partial charge in [-0.2, -0.15) is 0 Å². The van der Waals surface area contributed by atoms with Gasteiger partial charge in [0.1, 0.15) is 6.61 Å². The monoisotopic (exact) mass is 520 g/mol.